The molecule has 4 aromatic rings. The molecular weight excluding hydrogens is 390 g/mol. The third kappa shape index (κ3) is 3.58. The van der Waals surface area contributed by atoms with Crippen LogP contribution in [0.5, 0.6) is 0 Å². The largest absolute Gasteiger partial charge is 0.333 e. The Balaban J connectivity index is 1.74. The first-order valence-electron chi connectivity index (χ1n) is 8.86. The van der Waals surface area contributed by atoms with Gasteiger partial charge in [0.05, 0.1) is 27.3 Å². The zero-order valence-electron chi connectivity index (χ0n) is 15.4. The Bertz CT molecular complexity index is 1360. The molecule has 3 aromatic carbocycles. The summed E-state index contributed by atoms with van der Waals surface area (Å²) in [6, 6.07) is 18.5. The van der Waals surface area contributed by atoms with E-state index in [0.29, 0.717) is 27.3 Å². The fourth-order valence-electron chi connectivity index (χ4n) is 3.09. The number of H-pyrrole nitrogens is 1. The molecule has 0 saturated carbocycles. The van der Waals surface area contributed by atoms with Gasteiger partial charge in [-0.3, -0.25) is 9.59 Å². The molecule has 1 amide bonds. The van der Waals surface area contributed by atoms with Crippen molar-refractivity contribution in [1.82, 2.24) is 9.55 Å². The maximum Gasteiger partial charge on any atom is 0.333 e. The van der Waals surface area contributed by atoms with Crippen LogP contribution in [-0.2, 0) is 0 Å². The van der Waals surface area contributed by atoms with E-state index in [9.17, 15) is 14.4 Å². The Hall–Kier alpha value is -3.64. The average Bonchev–Trinajstić information content (AvgIpc) is 2.70. The molecule has 1 heterocycles. The number of rotatable bonds is 3. The summed E-state index contributed by atoms with van der Waals surface area (Å²) in [6.07, 6.45) is 0. The average molecular weight is 406 g/mol. The number of amides is 1. The van der Waals surface area contributed by atoms with Crippen molar-refractivity contribution >= 4 is 34.1 Å². The maximum atomic E-state index is 12.8. The van der Waals surface area contributed by atoms with Gasteiger partial charge in [-0.15, -0.1) is 0 Å². The second kappa shape index (κ2) is 7.41. The van der Waals surface area contributed by atoms with Gasteiger partial charge >= 0.3 is 5.69 Å². The number of fused-ring (bicyclic) bond motifs is 1. The summed E-state index contributed by atoms with van der Waals surface area (Å²) in [5, 5.41) is 3.47. The minimum Gasteiger partial charge on any atom is -0.321 e. The first kappa shape index (κ1) is 18.7. The van der Waals surface area contributed by atoms with Gasteiger partial charge in [-0.25, -0.2) is 9.36 Å². The van der Waals surface area contributed by atoms with E-state index in [2.05, 4.69) is 10.3 Å². The van der Waals surface area contributed by atoms with E-state index < -0.39 is 17.2 Å². The van der Waals surface area contributed by atoms with Gasteiger partial charge in [-0.05, 0) is 55.0 Å². The summed E-state index contributed by atoms with van der Waals surface area (Å²) in [5.41, 5.74) is 1.48. The summed E-state index contributed by atoms with van der Waals surface area (Å²) in [5.74, 6) is -0.397. The predicted octanol–water partition coefficient (Wildman–Crippen LogP) is 3.89. The number of nitrogens with one attached hydrogen (secondary N) is 2. The molecule has 0 fully saturated rings. The van der Waals surface area contributed by atoms with Gasteiger partial charge in [0.2, 0.25) is 0 Å². The maximum absolute atomic E-state index is 12.8. The number of aromatic nitrogens is 2. The number of aryl methyl sites for hydroxylation is 1. The number of aromatic amines is 1. The van der Waals surface area contributed by atoms with E-state index in [1.807, 2.05) is 13.0 Å². The van der Waals surface area contributed by atoms with Crippen LogP contribution in [0.1, 0.15) is 15.9 Å². The Morgan fingerprint density at radius 1 is 1.00 bits per heavy atom. The second-order valence-corrected chi connectivity index (χ2v) is 7.01. The smallest absolute Gasteiger partial charge is 0.321 e. The van der Waals surface area contributed by atoms with Crippen LogP contribution in [0, 0.1) is 6.92 Å². The Morgan fingerprint density at radius 2 is 1.76 bits per heavy atom. The van der Waals surface area contributed by atoms with Crippen molar-refractivity contribution in [2.45, 2.75) is 6.92 Å². The van der Waals surface area contributed by atoms with E-state index in [1.165, 1.54) is 18.2 Å². The molecule has 2 N–H and O–H groups in total. The molecule has 0 aliphatic heterocycles. The standard InChI is InChI=1S/C22H16ClN3O3/c1-13-7-10-18(17(23)11-13)24-20(27)14-8-9-16-19(12-14)25-22(29)26(21(16)28)15-5-3-2-4-6-15/h2-12H,1H3,(H,24,27)(H,25,29). The van der Waals surface area contributed by atoms with Crippen molar-refractivity contribution in [2.75, 3.05) is 5.32 Å². The lowest BCUT2D eigenvalue weighted by Gasteiger charge is -2.10. The number of carbonyl (C=O) groups excluding carboxylic acids is 1. The number of benzene rings is 3. The van der Waals surface area contributed by atoms with Crippen molar-refractivity contribution in [3.63, 3.8) is 0 Å². The molecule has 0 spiro atoms. The van der Waals surface area contributed by atoms with Gasteiger partial charge in [0.1, 0.15) is 0 Å². The number of hydrogen-bond donors (Lipinski definition) is 2. The number of anilines is 1. The van der Waals surface area contributed by atoms with Gasteiger partial charge in [0.25, 0.3) is 11.5 Å². The van der Waals surface area contributed by atoms with E-state index >= 15 is 0 Å². The monoisotopic (exact) mass is 405 g/mol. The highest BCUT2D eigenvalue weighted by molar-refractivity contribution is 6.34. The van der Waals surface area contributed by atoms with Crippen molar-refractivity contribution in [3.8, 4) is 5.69 Å². The van der Waals surface area contributed by atoms with Crippen LogP contribution < -0.4 is 16.6 Å². The SMILES string of the molecule is Cc1ccc(NC(=O)c2ccc3c(=O)n(-c4ccccc4)c(=O)[nH]c3c2)c(Cl)c1. The molecular formula is C22H16ClN3O3. The van der Waals surface area contributed by atoms with Crippen molar-refractivity contribution in [1.29, 1.82) is 0 Å². The van der Waals surface area contributed by atoms with Crippen molar-refractivity contribution in [2.24, 2.45) is 0 Å². The van der Waals surface area contributed by atoms with Gasteiger partial charge in [0.15, 0.2) is 0 Å². The van der Waals surface area contributed by atoms with Crippen LogP contribution in [0.2, 0.25) is 5.02 Å². The van der Waals surface area contributed by atoms with Crippen LogP contribution in [0.4, 0.5) is 5.69 Å². The summed E-state index contributed by atoms with van der Waals surface area (Å²) < 4.78 is 1.06. The van der Waals surface area contributed by atoms with Crippen LogP contribution >= 0.6 is 11.6 Å². The van der Waals surface area contributed by atoms with Gasteiger partial charge in [0, 0.05) is 5.56 Å². The number of para-hydroxylation sites is 1. The molecule has 144 valence electrons. The molecule has 0 radical (unpaired) electrons. The number of nitrogens with zero attached hydrogens (tertiary/aromatic N) is 1. The van der Waals surface area contributed by atoms with Gasteiger partial charge in [-0.1, -0.05) is 35.9 Å². The molecule has 0 aliphatic rings. The summed E-state index contributed by atoms with van der Waals surface area (Å²) in [6.45, 7) is 1.90. The highest BCUT2D eigenvalue weighted by Crippen LogP contribution is 2.23. The predicted molar refractivity (Wildman–Crippen MR) is 114 cm³/mol. The Kier molecular flexibility index (Phi) is 4.78. The van der Waals surface area contributed by atoms with E-state index in [4.69, 9.17) is 11.6 Å². The zero-order chi connectivity index (χ0) is 20.5. The molecule has 0 atom stereocenters. The fourth-order valence-corrected chi connectivity index (χ4v) is 3.37. The van der Waals surface area contributed by atoms with E-state index in [-0.39, 0.29) is 5.52 Å². The molecule has 4 rings (SSSR count). The van der Waals surface area contributed by atoms with Gasteiger partial charge < -0.3 is 10.3 Å². The number of carbonyl (C=O) groups is 1. The highest BCUT2D eigenvalue weighted by Gasteiger charge is 2.13. The van der Waals surface area contributed by atoms with E-state index in [1.54, 1.807) is 42.5 Å². The van der Waals surface area contributed by atoms with Crippen LogP contribution in [0.15, 0.2) is 76.3 Å². The van der Waals surface area contributed by atoms with E-state index in [0.717, 1.165) is 10.1 Å². The Labute approximate surface area is 170 Å². The first-order valence-corrected chi connectivity index (χ1v) is 9.24. The lowest BCUT2D eigenvalue weighted by molar-refractivity contribution is 0.102. The molecule has 0 aliphatic carbocycles. The van der Waals surface area contributed by atoms with Crippen LogP contribution in [-0.4, -0.2) is 15.5 Å². The topological polar surface area (TPSA) is 84.0 Å². The zero-order valence-corrected chi connectivity index (χ0v) is 16.2. The van der Waals surface area contributed by atoms with Crippen molar-refractivity contribution < 1.29 is 4.79 Å². The quantitative estimate of drug-likeness (QED) is 0.542. The lowest BCUT2D eigenvalue weighted by Crippen LogP contribution is -2.33. The summed E-state index contributed by atoms with van der Waals surface area (Å²) in [7, 11) is 0. The number of hydrogen-bond acceptors (Lipinski definition) is 3. The third-order valence-electron chi connectivity index (χ3n) is 4.55. The van der Waals surface area contributed by atoms with Crippen LogP contribution in [0.3, 0.4) is 0 Å². The minimum absolute atomic E-state index is 0.287. The molecule has 0 saturated heterocycles. The number of halogens is 1. The first-order chi connectivity index (χ1) is 13.9. The van der Waals surface area contributed by atoms with Crippen LogP contribution in [0.25, 0.3) is 16.6 Å². The molecule has 1 aromatic heterocycles. The molecule has 7 heteroatoms. The lowest BCUT2D eigenvalue weighted by atomic mass is 10.1. The normalized spacial score (nSPS) is 10.8. The second-order valence-electron chi connectivity index (χ2n) is 6.60. The summed E-state index contributed by atoms with van der Waals surface area (Å²) in [4.78, 5) is 40.6. The molecule has 0 bridgehead atoms. The minimum atomic E-state index is -0.576. The van der Waals surface area contributed by atoms with Gasteiger partial charge in [-0.2, -0.15) is 0 Å². The Morgan fingerprint density at radius 3 is 2.48 bits per heavy atom. The fraction of sp³-hybridized carbons (Fsp3) is 0.0455. The summed E-state index contributed by atoms with van der Waals surface area (Å²) >= 11 is 6.17. The highest BCUT2D eigenvalue weighted by atomic mass is 35.5. The molecule has 29 heavy (non-hydrogen) atoms. The third-order valence-corrected chi connectivity index (χ3v) is 4.86. The van der Waals surface area contributed by atoms with Crippen molar-refractivity contribution in [3.05, 3.63) is 104 Å². The molecule has 6 nitrogen and oxygen atoms in total. The molecule has 0 unspecified atom stereocenters.